The summed E-state index contributed by atoms with van der Waals surface area (Å²) in [6.45, 7) is 3.33. The highest BCUT2D eigenvalue weighted by Gasteiger charge is 2.54. The van der Waals surface area contributed by atoms with Gasteiger partial charge in [0.25, 0.3) is 0 Å². The molecule has 4 aliphatic heterocycles. The first-order valence-electron chi connectivity index (χ1n) is 5.75. The first-order valence-corrected chi connectivity index (χ1v) is 7.91. The number of hydrogen-bond acceptors (Lipinski definition) is 3. The van der Waals surface area contributed by atoms with Gasteiger partial charge in [-0.25, -0.2) is 5.06 Å². The third kappa shape index (κ3) is 1.97. The van der Waals surface area contributed by atoms with E-state index in [0.29, 0.717) is 12.3 Å². The van der Waals surface area contributed by atoms with E-state index in [9.17, 15) is 4.79 Å². The van der Waals surface area contributed by atoms with Crippen molar-refractivity contribution in [2.24, 2.45) is 5.92 Å². The predicted octanol–water partition coefficient (Wildman–Crippen LogP) is 1.30. The van der Waals surface area contributed by atoms with E-state index >= 15 is 0 Å². The fourth-order valence-electron chi connectivity index (χ4n) is 3.15. The second kappa shape index (κ2) is 4.78. The average molecular weight is 338 g/mol. The lowest BCUT2D eigenvalue weighted by molar-refractivity contribution is -0.229. The molecule has 16 heavy (non-hydrogen) atoms. The number of alkyl halides is 1. The van der Waals surface area contributed by atoms with Crippen molar-refractivity contribution in [3.63, 3.8) is 0 Å². The van der Waals surface area contributed by atoms with Gasteiger partial charge in [0, 0.05) is 13.6 Å². The monoisotopic (exact) mass is 338 g/mol. The minimum absolute atomic E-state index is 0.138. The normalized spacial score (nSPS) is 41.2. The van der Waals surface area contributed by atoms with Crippen molar-refractivity contribution in [1.82, 2.24) is 9.96 Å². The van der Waals surface area contributed by atoms with Gasteiger partial charge in [-0.3, -0.25) is 9.63 Å². The van der Waals surface area contributed by atoms with Crippen molar-refractivity contribution >= 4 is 28.5 Å². The molecule has 4 nitrogen and oxygen atoms in total. The number of carbonyl (C=O) groups excluding carboxylic acids is 1. The number of halogens is 1. The summed E-state index contributed by atoms with van der Waals surface area (Å²) in [5, 5.41) is 1.43. The van der Waals surface area contributed by atoms with Crippen LogP contribution in [-0.2, 0) is 9.63 Å². The van der Waals surface area contributed by atoms with Crippen molar-refractivity contribution in [2.75, 3.05) is 31.6 Å². The molecule has 4 saturated heterocycles. The van der Waals surface area contributed by atoms with E-state index in [4.69, 9.17) is 4.84 Å². The van der Waals surface area contributed by atoms with Gasteiger partial charge in [0.15, 0.2) is 0 Å². The number of fused-ring (bicyclic) bond motifs is 2. The van der Waals surface area contributed by atoms with Gasteiger partial charge in [-0.05, 0) is 36.8 Å². The molecule has 1 spiro atoms. The Morgan fingerprint density at radius 2 is 2.00 bits per heavy atom. The third-order valence-corrected chi connectivity index (χ3v) is 3.94. The average Bonchev–Trinajstić information content (AvgIpc) is 2.58. The van der Waals surface area contributed by atoms with Crippen molar-refractivity contribution in [1.29, 1.82) is 0 Å². The summed E-state index contributed by atoms with van der Waals surface area (Å²) in [7, 11) is 1.73. The zero-order valence-electron chi connectivity index (χ0n) is 9.91. The van der Waals surface area contributed by atoms with E-state index in [2.05, 4.69) is 27.5 Å². The fraction of sp³-hybridized carbons (Fsp3) is 0.909. The van der Waals surface area contributed by atoms with Gasteiger partial charge in [0.05, 0.1) is 6.42 Å². The van der Waals surface area contributed by atoms with Crippen LogP contribution in [0.5, 0.6) is 0 Å². The van der Waals surface area contributed by atoms with Gasteiger partial charge in [-0.2, -0.15) is 0 Å². The first kappa shape index (κ1) is 12.6. The summed E-state index contributed by atoms with van der Waals surface area (Å²) in [4.78, 5) is 21.7. The van der Waals surface area contributed by atoms with Crippen LogP contribution in [0.4, 0.5) is 0 Å². The quantitative estimate of drug-likeness (QED) is 0.493. The maximum atomic E-state index is 11.5. The van der Waals surface area contributed by atoms with Gasteiger partial charge in [0.2, 0.25) is 5.91 Å². The molecule has 2 bridgehead atoms. The molecular weight excluding hydrogens is 319 g/mol. The van der Waals surface area contributed by atoms with E-state index in [0.717, 1.165) is 6.54 Å². The number of hydrogen-bond donors (Lipinski definition) is 0. The molecule has 1 amide bonds. The second-order valence-electron chi connectivity index (χ2n) is 4.77. The van der Waals surface area contributed by atoms with E-state index in [1.54, 1.807) is 7.05 Å². The van der Waals surface area contributed by atoms with Crippen LogP contribution >= 0.6 is 22.6 Å². The Morgan fingerprint density at radius 1 is 1.38 bits per heavy atom. The molecule has 92 valence electrons. The molecule has 0 aromatic heterocycles. The molecule has 4 aliphatic rings. The van der Waals surface area contributed by atoms with Crippen LogP contribution in [0.2, 0.25) is 0 Å². The Kier molecular flexibility index (Phi) is 3.75. The Labute approximate surface area is 110 Å². The van der Waals surface area contributed by atoms with Crippen molar-refractivity contribution in [3.05, 3.63) is 0 Å². The highest BCUT2D eigenvalue weighted by molar-refractivity contribution is 14.1. The van der Waals surface area contributed by atoms with Gasteiger partial charge >= 0.3 is 0 Å². The predicted molar refractivity (Wildman–Crippen MR) is 70.3 cm³/mol. The lowest BCUT2D eigenvalue weighted by Crippen LogP contribution is -2.59. The largest absolute Gasteiger partial charge is 0.300 e. The van der Waals surface area contributed by atoms with Crippen molar-refractivity contribution in [2.45, 2.75) is 24.9 Å². The van der Waals surface area contributed by atoms with Crippen LogP contribution in [0.25, 0.3) is 0 Å². The standard InChI is InChI=1S/C10H16N2O2.CH3I/c1-11-9(13)6-10(14-11)7-12-4-2-8(10)3-5-12;1-2/h8H,2-7H2,1H3;1H3. The van der Waals surface area contributed by atoms with Gasteiger partial charge in [-0.15, -0.1) is 0 Å². The van der Waals surface area contributed by atoms with Crippen LogP contribution < -0.4 is 0 Å². The zero-order chi connectivity index (χ0) is 11.8. The Hall–Kier alpha value is 0.120. The number of hydroxylamine groups is 2. The minimum atomic E-state index is -0.164. The number of nitrogens with zero attached hydrogens (tertiary/aromatic N) is 2. The highest BCUT2D eigenvalue weighted by atomic mass is 127. The smallest absolute Gasteiger partial charge is 0.248 e. The summed E-state index contributed by atoms with van der Waals surface area (Å²) in [5.74, 6) is 0.736. The number of amides is 1. The minimum Gasteiger partial charge on any atom is -0.300 e. The molecule has 5 heteroatoms. The van der Waals surface area contributed by atoms with Crippen LogP contribution in [0.1, 0.15) is 19.3 Å². The van der Waals surface area contributed by atoms with Gasteiger partial charge in [-0.1, -0.05) is 22.6 Å². The fourth-order valence-corrected chi connectivity index (χ4v) is 3.15. The SMILES string of the molecule is CI.CN1OC2(CC1=O)CN1CCC2CC1. The zero-order valence-corrected chi connectivity index (χ0v) is 12.1. The second-order valence-corrected chi connectivity index (χ2v) is 4.77. The summed E-state index contributed by atoms with van der Waals surface area (Å²) in [6, 6.07) is 0. The van der Waals surface area contributed by atoms with Crippen LogP contribution in [0.15, 0.2) is 0 Å². The summed E-state index contributed by atoms with van der Waals surface area (Å²) in [6.07, 6.45) is 2.98. The molecule has 0 saturated carbocycles. The van der Waals surface area contributed by atoms with E-state index < -0.39 is 0 Å². The summed E-state index contributed by atoms with van der Waals surface area (Å²) < 4.78 is 0. The van der Waals surface area contributed by atoms with Crippen LogP contribution in [0, 0.1) is 5.92 Å². The molecule has 4 heterocycles. The van der Waals surface area contributed by atoms with E-state index in [1.807, 2.05) is 4.93 Å². The molecule has 0 aromatic rings. The lowest BCUT2D eigenvalue weighted by Gasteiger charge is -2.49. The number of rotatable bonds is 0. The summed E-state index contributed by atoms with van der Waals surface area (Å²) in [5.41, 5.74) is -0.164. The molecule has 0 aromatic carbocycles. The Bertz CT molecular complexity index is 279. The van der Waals surface area contributed by atoms with Crippen LogP contribution in [-0.4, -0.2) is 53.1 Å². The highest BCUT2D eigenvalue weighted by Crippen LogP contribution is 2.43. The molecule has 4 rings (SSSR count). The molecule has 0 N–H and O–H groups in total. The van der Waals surface area contributed by atoms with E-state index in [1.165, 1.54) is 31.0 Å². The Balaban J connectivity index is 0.000000457. The van der Waals surface area contributed by atoms with Gasteiger partial charge in [0.1, 0.15) is 5.60 Å². The molecule has 0 radical (unpaired) electrons. The lowest BCUT2D eigenvalue weighted by atomic mass is 9.74. The maximum Gasteiger partial charge on any atom is 0.248 e. The van der Waals surface area contributed by atoms with E-state index in [-0.39, 0.29) is 11.5 Å². The first-order chi connectivity index (χ1) is 7.70. The molecule has 0 aliphatic carbocycles. The molecule has 1 unspecified atom stereocenters. The third-order valence-electron chi connectivity index (χ3n) is 3.94. The van der Waals surface area contributed by atoms with Crippen molar-refractivity contribution in [3.8, 4) is 0 Å². The molecule has 1 atom stereocenters. The number of carbonyl (C=O) groups is 1. The number of piperidine rings is 3. The maximum absolute atomic E-state index is 11.5. The summed E-state index contributed by atoms with van der Waals surface area (Å²) >= 11 is 2.15. The van der Waals surface area contributed by atoms with Crippen molar-refractivity contribution < 1.29 is 9.63 Å². The van der Waals surface area contributed by atoms with Crippen LogP contribution in [0.3, 0.4) is 0 Å². The van der Waals surface area contributed by atoms with Gasteiger partial charge < -0.3 is 4.90 Å². The Morgan fingerprint density at radius 3 is 2.38 bits per heavy atom. The molecule has 4 fully saturated rings. The molecular formula is C11H19IN2O2. The topological polar surface area (TPSA) is 32.8 Å².